The van der Waals surface area contributed by atoms with Gasteiger partial charge in [-0.15, -0.1) is 0 Å². The molecular weight excluding hydrogens is 388 g/mol. The topological polar surface area (TPSA) is 60.4 Å². The lowest BCUT2D eigenvalue weighted by molar-refractivity contribution is -0.109. The lowest BCUT2D eigenvalue weighted by atomic mass is 9.69. The zero-order chi connectivity index (χ0) is 22.7. The molecule has 0 amide bonds. The van der Waals surface area contributed by atoms with E-state index in [9.17, 15) is 0 Å². The molecule has 0 radical (unpaired) electrons. The van der Waals surface area contributed by atoms with Crippen LogP contribution in [0.1, 0.15) is 64.5 Å². The van der Waals surface area contributed by atoms with Gasteiger partial charge in [-0.1, -0.05) is 6.07 Å². The van der Waals surface area contributed by atoms with Crippen LogP contribution in [0.3, 0.4) is 0 Å². The van der Waals surface area contributed by atoms with E-state index in [0.717, 1.165) is 43.9 Å². The first-order valence-electron chi connectivity index (χ1n) is 11.3. The van der Waals surface area contributed by atoms with Crippen LogP contribution in [0.2, 0.25) is 0 Å². The molecule has 170 valence electrons. The summed E-state index contributed by atoms with van der Waals surface area (Å²) < 4.78 is 11.6. The van der Waals surface area contributed by atoms with Crippen molar-refractivity contribution in [3.63, 3.8) is 0 Å². The van der Waals surface area contributed by atoms with Gasteiger partial charge >= 0.3 is 0 Å². The first-order valence-corrected chi connectivity index (χ1v) is 11.3. The normalized spacial score (nSPS) is 20.2. The highest BCUT2D eigenvalue weighted by molar-refractivity contribution is 5.22. The van der Waals surface area contributed by atoms with E-state index in [1.54, 1.807) is 19.4 Å². The molecule has 0 N–H and O–H groups in total. The zero-order valence-electron chi connectivity index (χ0n) is 20.2. The number of pyridine rings is 1. The van der Waals surface area contributed by atoms with Crippen LogP contribution in [0.25, 0.3) is 0 Å². The number of aromatic nitrogens is 3. The molecule has 3 heterocycles. The lowest BCUT2D eigenvalue weighted by Gasteiger charge is -2.45. The summed E-state index contributed by atoms with van der Waals surface area (Å²) in [5.74, 6) is 1.44. The molecule has 0 saturated carbocycles. The van der Waals surface area contributed by atoms with Gasteiger partial charge in [-0.25, -0.2) is 4.98 Å². The Kier molecular flexibility index (Phi) is 7.01. The molecule has 1 saturated heterocycles. The highest BCUT2D eigenvalue weighted by Gasteiger charge is 2.52. The molecule has 1 unspecified atom stereocenters. The molecule has 6 nitrogen and oxygen atoms in total. The molecule has 0 aromatic carbocycles. The maximum atomic E-state index is 6.33. The fourth-order valence-corrected chi connectivity index (χ4v) is 4.84. The minimum absolute atomic E-state index is 0.00480. The maximum absolute atomic E-state index is 6.33. The molecule has 3 rings (SSSR count). The third-order valence-electron chi connectivity index (χ3n) is 7.26. The van der Waals surface area contributed by atoms with Gasteiger partial charge in [0, 0.05) is 54.7 Å². The number of hydrogen-bond donors (Lipinski definition) is 0. The van der Waals surface area contributed by atoms with E-state index in [1.807, 2.05) is 13.1 Å². The number of likely N-dealkylation sites (tertiary alicyclic amines) is 1. The van der Waals surface area contributed by atoms with Gasteiger partial charge in [0.1, 0.15) is 5.82 Å². The lowest BCUT2D eigenvalue weighted by Crippen LogP contribution is -2.50. The van der Waals surface area contributed by atoms with Crippen molar-refractivity contribution >= 4 is 0 Å². The number of aryl methyl sites for hydroxylation is 2. The summed E-state index contributed by atoms with van der Waals surface area (Å²) in [6.45, 7) is 15.9. The van der Waals surface area contributed by atoms with E-state index in [2.05, 4.69) is 66.6 Å². The van der Waals surface area contributed by atoms with Gasteiger partial charge in [-0.05, 0) is 72.6 Å². The van der Waals surface area contributed by atoms with Gasteiger partial charge in [0.05, 0.1) is 12.7 Å². The van der Waals surface area contributed by atoms with Crippen molar-refractivity contribution in [2.45, 2.75) is 71.9 Å². The van der Waals surface area contributed by atoms with Gasteiger partial charge in [0.2, 0.25) is 5.88 Å². The van der Waals surface area contributed by atoms with Crippen molar-refractivity contribution in [1.82, 2.24) is 19.9 Å². The van der Waals surface area contributed by atoms with Crippen LogP contribution in [0.4, 0.5) is 0 Å². The summed E-state index contributed by atoms with van der Waals surface area (Å²) in [6, 6.07) is 6.10. The number of ether oxygens (including phenoxy) is 2. The third-order valence-corrected chi connectivity index (χ3v) is 7.26. The first kappa shape index (κ1) is 23.6. The number of rotatable bonds is 9. The van der Waals surface area contributed by atoms with Gasteiger partial charge in [0.15, 0.2) is 0 Å². The molecule has 31 heavy (non-hydrogen) atoms. The molecule has 1 fully saturated rings. The first-order chi connectivity index (χ1) is 14.6. The van der Waals surface area contributed by atoms with E-state index in [-0.39, 0.29) is 16.6 Å². The number of methoxy groups -OCH3 is 1. The molecule has 2 aromatic heterocycles. The van der Waals surface area contributed by atoms with Crippen molar-refractivity contribution in [3.8, 4) is 5.88 Å². The number of hydrogen-bond acceptors (Lipinski definition) is 6. The van der Waals surface area contributed by atoms with Crippen molar-refractivity contribution in [2.75, 3.05) is 26.8 Å². The molecule has 0 aliphatic carbocycles. The van der Waals surface area contributed by atoms with E-state index >= 15 is 0 Å². The van der Waals surface area contributed by atoms with Gasteiger partial charge in [0.25, 0.3) is 0 Å². The Balaban J connectivity index is 1.85. The highest BCUT2D eigenvalue weighted by atomic mass is 16.5. The van der Waals surface area contributed by atoms with Crippen molar-refractivity contribution in [3.05, 3.63) is 47.7 Å². The Morgan fingerprint density at radius 3 is 2.55 bits per heavy atom. The Bertz CT molecular complexity index is 866. The second-order valence-corrected chi connectivity index (χ2v) is 9.66. The van der Waals surface area contributed by atoms with E-state index in [4.69, 9.17) is 9.47 Å². The summed E-state index contributed by atoms with van der Waals surface area (Å²) >= 11 is 0. The standard InChI is InChI=1S/C25H38N4O2/c1-8-31-24(5,6)25(13-11-21-26-15-12-22(28-21)30-7)14-16-29(18-25)23(3,4)20-10-9-19(2)27-17-20/h9-10,12,15,17H,8,11,13-14,16,18H2,1-7H3. The monoisotopic (exact) mass is 426 g/mol. The zero-order valence-corrected chi connectivity index (χ0v) is 20.2. The predicted molar refractivity (Wildman–Crippen MR) is 123 cm³/mol. The SMILES string of the molecule is CCOC(C)(C)C1(CCc2nccc(OC)n2)CCN(C(C)(C)c2ccc(C)nc2)C1. The summed E-state index contributed by atoms with van der Waals surface area (Å²) in [6.07, 6.45) is 6.63. The van der Waals surface area contributed by atoms with Crippen LogP contribution in [0.5, 0.6) is 5.88 Å². The van der Waals surface area contributed by atoms with Gasteiger partial charge in [-0.2, -0.15) is 4.98 Å². The van der Waals surface area contributed by atoms with E-state index in [0.29, 0.717) is 12.5 Å². The fraction of sp³-hybridized carbons (Fsp3) is 0.640. The van der Waals surface area contributed by atoms with Crippen LogP contribution < -0.4 is 4.74 Å². The second-order valence-electron chi connectivity index (χ2n) is 9.66. The van der Waals surface area contributed by atoms with E-state index < -0.39 is 0 Å². The fourth-order valence-electron chi connectivity index (χ4n) is 4.84. The number of nitrogens with zero attached hydrogens (tertiary/aromatic N) is 4. The molecular formula is C25H38N4O2. The minimum Gasteiger partial charge on any atom is -0.481 e. The molecule has 1 aliphatic rings. The Hall–Kier alpha value is -2.05. The van der Waals surface area contributed by atoms with Crippen LogP contribution in [-0.4, -0.2) is 52.3 Å². The predicted octanol–water partition coefficient (Wildman–Crippen LogP) is 4.56. The summed E-state index contributed by atoms with van der Waals surface area (Å²) in [7, 11) is 1.64. The van der Waals surface area contributed by atoms with Crippen LogP contribution in [-0.2, 0) is 16.7 Å². The van der Waals surface area contributed by atoms with E-state index in [1.165, 1.54) is 5.56 Å². The second kappa shape index (κ2) is 9.21. The smallest absolute Gasteiger partial charge is 0.216 e. The molecule has 0 spiro atoms. The quantitative estimate of drug-likeness (QED) is 0.586. The highest BCUT2D eigenvalue weighted by Crippen LogP contribution is 2.49. The Morgan fingerprint density at radius 1 is 1.13 bits per heavy atom. The van der Waals surface area contributed by atoms with Crippen molar-refractivity contribution < 1.29 is 9.47 Å². The largest absolute Gasteiger partial charge is 0.481 e. The molecule has 1 aliphatic heterocycles. The van der Waals surface area contributed by atoms with Gasteiger partial charge in [-0.3, -0.25) is 9.88 Å². The van der Waals surface area contributed by atoms with Gasteiger partial charge < -0.3 is 9.47 Å². The average Bonchev–Trinajstić information content (AvgIpc) is 3.20. The van der Waals surface area contributed by atoms with Crippen LogP contribution in [0.15, 0.2) is 30.6 Å². The summed E-state index contributed by atoms with van der Waals surface area (Å²) in [5.41, 5.74) is 1.95. The molecule has 0 bridgehead atoms. The minimum atomic E-state index is -0.253. The molecule has 1 atom stereocenters. The molecule has 2 aromatic rings. The van der Waals surface area contributed by atoms with Crippen molar-refractivity contribution in [1.29, 1.82) is 0 Å². The Morgan fingerprint density at radius 2 is 1.90 bits per heavy atom. The average molecular weight is 427 g/mol. The summed E-state index contributed by atoms with van der Waals surface area (Å²) in [4.78, 5) is 16.1. The third kappa shape index (κ3) is 4.90. The van der Waals surface area contributed by atoms with Crippen LogP contribution >= 0.6 is 0 Å². The molecule has 6 heteroatoms. The Labute approximate surface area is 187 Å². The summed E-state index contributed by atoms with van der Waals surface area (Å²) in [5, 5.41) is 0. The van der Waals surface area contributed by atoms with Crippen LogP contribution in [0, 0.1) is 12.3 Å². The maximum Gasteiger partial charge on any atom is 0.216 e. The van der Waals surface area contributed by atoms with Crippen molar-refractivity contribution in [2.24, 2.45) is 5.41 Å².